The smallest absolute Gasteiger partial charge is 0.0210 e. The molecule has 0 fully saturated rings. The van der Waals surface area contributed by atoms with E-state index in [2.05, 4.69) is 58.1 Å². The Bertz CT molecular complexity index is 328. The van der Waals surface area contributed by atoms with E-state index >= 15 is 0 Å². The molecule has 1 N–H and O–H groups in total. The second kappa shape index (κ2) is 6.05. The number of aryl methyl sites for hydroxylation is 2. The lowest BCUT2D eigenvalue weighted by Gasteiger charge is -2.17. The number of rotatable bonds is 5. The molecule has 1 aromatic rings. The molecule has 0 saturated carbocycles. The minimum Gasteiger partial charge on any atom is -0.310 e. The molecule has 16 heavy (non-hydrogen) atoms. The van der Waals surface area contributed by atoms with Crippen LogP contribution in [0.1, 0.15) is 43.9 Å². The lowest BCUT2D eigenvalue weighted by molar-refractivity contribution is 0.441. The average Bonchev–Trinajstić information content (AvgIpc) is 2.15. The van der Waals surface area contributed by atoms with Gasteiger partial charge in [-0.1, -0.05) is 37.6 Å². The predicted octanol–water partition coefficient (Wildman–Crippen LogP) is 3.83. The van der Waals surface area contributed by atoms with E-state index < -0.39 is 0 Å². The zero-order valence-electron chi connectivity index (χ0n) is 11.3. The van der Waals surface area contributed by atoms with Crippen LogP contribution in [0.25, 0.3) is 0 Å². The molecule has 0 radical (unpaired) electrons. The van der Waals surface area contributed by atoms with Crippen molar-refractivity contribution in [1.82, 2.24) is 5.32 Å². The van der Waals surface area contributed by atoms with Crippen molar-refractivity contribution in [3.05, 3.63) is 34.9 Å². The lowest BCUT2D eigenvalue weighted by Crippen LogP contribution is -2.27. The Balaban J connectivity index is 2.48. The maximum Gasteiger partial charge on any atom is 0.0210 e. The SMILES string of the molecule is Cc1ccc(CNC(C)CC(C)C)c(C)c1. The normalized spacial score (nSPS) is 13.1. The summed E-state index contributed by atoms with van der Waals surface area (Å²) in [6.45, 7) is 12.1. The van der Waals surface area contributed by atoms with Gasteiger partial charge in [-0.15, -0.1) is 0 Å². The average molecular weight is 219 g/mol. The van der Waals surface area contributed by atoms with Crippen LogP contribution < -0.4 is 5.32 Å². The molecule has 0 bridgehead atoms. The molecule has 0 saturated heterocycles. The molecule has 0 spiro atoms. The maximum atomic E-state index is 3.59. The van der Waals surface area contributed by atoms with E-state index in [9.17, 15) is 0 Å². The third kappa shape index (κ3) is 4.36. The molecule has 0 heterocycles. The molecule has 1 aromatic carbocycles. The van der Waals surface area contributed by atoms with Crippen molar-refractivity contribution in [2.24, 2.45) is 5.92 Å². The van der Waals surface area contributed by atoms with Crippen molar-refractivity contribution < 1.29 is 0 Å². The number of benzene rings is 1. The summed E-state index contributed by atoms with van der Waals surface area (Å²) in [6.07, 6.45) is 1.24. The van der Waals surface area contributed by atoms with E-state index in [4.69, 9.17) is 0 Å². The molecule has 0 aliphatic heterocycles. The van der Waals surface area contributed by atoms with E-state index in [1.165, 1.54) is 23.1 Å². The first kappa shape index (κ1) is 13.2. The van der Waals surface area contributed by atoms with Crippen LogP contribution in [0.4, 0.5) is 0 Å². The first-order valence-corrected chi connectivity index (χ1v) is 6.28. The van der Waals surface area contributed by atoms with Gasteiger partial charge in [-0.2, -0.15) is 0 Å². The minimum absolute atomic E-state index is 0.598. The topological polar surface area (TPSA) is 12.0 Å². The number of hydrogen-bond donors (Lipinski definition) is 1. The number of hydrogen-bond acceptors (Lipinski definition) is 1. The van der Waals surface area contributed by atoms with Gasteiger partial charge in [0.1, 0.15) is 0 Å². The summed E-state index contributed by atoms with van der Waals surface area (Å²) in [5.41, 5.74) is 4.15. The Labute approximate surface area is 100 Å². The van der Waals surface area contributed by atoms with Crippen LogP contribution >= 0.6 is 0 Å². The lowest BCUT2D eigenvalue weighted by atomic mass is 10.0. The van der Waals surface area contributed by atoms with E-state index in [0.717, 1.165) is 12.5 Å². The Morgan fingerprint density at radius 1 is 1.12 bits per heavy atom. The quantitative estimate of drug-likeness (QED) is 0.793. The second-order valence-corrected chi connectivity index (χ2v) is 5.34. The highest BCUT2D eigenvalue weighted by Gasteiger charge is 2.05. The standard InChI is InChI=1S/C15H25N/c1-11(2)8-14(5)16-10-15-7-6-12(3)9-13(15)4/h6-7,9,11,14,16H,8,10H2,1-5H3. The first-order chi connectivity index (χ1) is 7.49. The highest BCUT2D eigenvalue weighted by Crippen LogP contribution is 2.11. The highest BCUT2D eigenvalue weighted by molar-refractivity contribution is 5.30. The molecular formula is C15H25N. The third-order valence-corrected chi connectivity index (χ3v) is 2.96. The van der Waals surface area contributed by atoms with Gasteiger partial charge in [0.2, 0.25) is 0 Å². The predicted molar refractivity (Wildman–Crippen MR) is 71.7 cm³/mol. The molecule has 1 rings (SSSR count). The fraction of sp³-hybridized carbons (Fsp3) is 0.600. The van der Waals surface area contributed by atoms with E-state index in [1.54, 1.807) is 0 Å². The fourth-order valence-electron chi connectivity index (χ4n) is 2.12. The van der Waals surface area contributed by atoms with Crippen LogP contribution in [-0.2, 0) is 6.54 Å². The molecule has 90 valence electrons. The van der Waals surface area contributed by atoms with Gasteiger partial charge in [0, 0.05) is 12.6 Å². The molecule has 0 aromatic heterocycles. The van der Waals surface area contributed by atoms with Gasteiger partial charge in [-0.05, 0) is 44.2 Å². The summed E-state index contributed by atoms with van der Waals surface area (Å²) in [5.74, 6) is 0.765. The van der Waals surface area contributed by atoms with Gasteiger partial charge in [0.15, 0.2) is 0 Å². The van der Waals surface area contributed by atoms with Gasteiger partial charge in [-0.25, -0.2) is 0 Å². The Hall–Kier alpha value is -0.820. The molecule has 1 nitrogen and oxygen atoms in total. The molecule has 1 heteroatoms. The van der Waals surface area contributed by atoms with Crippen LogP contribution in [0.2, 0.25) is 0 Å². The van der Waals surface area contributed by atoms with Gasteiger partial charge >= 0.3 is 0 Å². The van der Waals surface area contributed by atoms with Gasteiger partial charge in [0.25, 0.3) is 0 Å². The van der Waals surface area contributed by atoms with Crippen LogP contribution in [0.15, 0.2) is 18.2 Å². The van der Waals surface area contributed by atoms with Crippen LogP contribution in [0, 0.1) is 19.8 Å². The fourth-order valence-corrected chi connectivity index (χ4v) is 2.12. The Morgan fingerprint density at radius 2 is 1.81 bits per heavy atom. The third-order valence-electron chi connectivity index (χ3n) is 2.96. The van der Waals surface area contributed by atoms with Crippen LogP contribution in [0.5, 0.6) is 0 Å². The Morgan fingerprint density at radius 3 is 2.38 bits per heavy atom. The van der Waals surface area contributed by atoms with Gasteiger partial charge in [0.05, 0.1) is 0 Å². The zero-order valence-corrected chi connectivity index (χ0v) is 11.3. The summed E-state index contributed by atoms with van der Waals surface area (Å²) in [4.78, 5) is 0. The van der Waals surface area contributed by atoms with Crippen LogP contribution in [-0.4, -0.2) is 6.04 Å². The summed E-state index contributed by atoms with van der Waals surface area (Å²) in [6, 6.07) is 7.28. The van der Waals surface area contributed by atoms with Gasteiger partial charge < -0.3 is 5.32 Å². The molecule has 0 amide bonds. The summed E-state index contributed by atoms with van der Waals surface area (Å²) in [5, 5.41) is 3.59. The molecule has 1 atom stereocenters. The summed E-state index contributed by atoms with van der Waals surface area (Å²) in [7, 11) is 0. The van der Waals surface area contributed by atoms with Crippen molar-refractivity contribution in [1.29, 1.82) is 0 Å². The van der Waals surface area contributed by atoms with Gasteiger partial charge in [-0.3, -0.25) is 0 Å². The summed E-state index contributed by atoms with van der Waals surface area (Å²) >= 11 is 0. The minimum atomic E-state index is 0.598. The van der Waals surface area contributed by atoms with Crippen molar-refractivity contribution >= 4 is 0 Å². The van der Waals surface area contributed by atoms with E-state index in [0.29, 0.717) is 6.04 Å². The molecule has 0 aliphatic rings. The first-order valence-electron chi connectivity index (χ1n) is 6.28. The van der Waals surface area contributed by atoms with E-state index in [1.807, 2.05) is 0 Å². The van der Waals surface area contributed by atoms with E-state index in [-0.39, 0.29) is 0 Å². The maximum absolute atomic E-state index is 3.59. The molecular weight excluding hydrogens is 194 g/mol. The Kier molecular flexibility index (Phi) is 5.01. The van der Waals surface area contributed by atoms with Crippen molar-refractivity contribution in [2.45, 2.75) is 53.6 Å². The molecule has 0 aliphatic carbocycles. The zero-order chi connectivity index (χ0) is 12.1. The summed E-state index contributed by atoms with van der Waals surface area (Å²) < 4.78 is 0. The van der Waals surface area contributed by atoms with Crippen molar-refractivity contribution in [2.75, 3.05) is 0 Å². The second-order valence-electron chi connectivity index (χ2n) is 5.34. The number of nitrogens with one attached hydrogen (secondary N) is 1. The largest absolute Gasteiger partial charge is 0.310 e. The molecule has 1 unspecified atom stereocenters. The van der Waals surface area contributed by atoms with Crippen molar-refractivity contribution in [3.63, 3.8) is 0 Å². The monoisotopic (exact) mass is 219 g/mol. The van der Waals surface area contributed by atoms with Crippen LogP contribution in [0.3, 0.4) is 0 Å². The highest BCUT2D eigenvalue weighted by atomic mass is 14.9. The van der Waals surface area contributed by atoms with Crippen molar-refractivity contribution in [3.8, 4) is 0 Å².